The van der Waals surface area contributed by atoms with Crippen molar-refractivity contribution in [1.29, 1.82) is 0 Å². The van der Waals surface area contributed by atoms with Crippen LogP contribution in [0.1, 0.15) is 0 Å². The Morgan fingerprint density at radius 1 is 0.840 bits per heavy atom. The highest BCUT2D eigenvalue weighted by Gasteiger charge is 2.12. The summed E-state index contributed by atoms with van der Waals surface area (Å²) in [6.45, 7) is 0. The highest BCUT2D eigenvalue weighted by atomic mass is 19.1. The molecule has 0 atom stereocenters. The number of carbonyl (C=O) groups excluding carboxylic acids is 1. The molecule has 0 aliphatic carbocycles. The lowest BCUT2D eigenvalue weighted by Gasteiger charge is -2.12. The maximum atomic E-state index is 13.7. The number of carbonyl (C=O) groups is 1. The van der Waals surface area contributed by atoms with Crippen molar-refractivity contribution >= 4 is 39.2 Å². The third-order valence-electron chi connectivity index (χ3n) is 3.83. The predicted molar refractivity (Wildman–Crippen MR) is 96.1 cm³/mol. The second kappa shape index (κ2) is 6.16. The van der Waals surface area contributed by atoms with Gasteiger partial charge in [0.15, 0.2) is 0 Å². The van der Waals surface area contributed by atoms with Gasteiger partial charge in [0.25, 0.3) is 0 Å². The van der Waals surface area contributed by atoms with Gasteiger partial charge in [-0.05, 0) is 36.4 Å². The van der Waals surface area contributed by atoms with Crippen molar-refractivity contribution in [2.75, 3.05) is 10.6 Å². The van der Waals surface area contributed by atoms with Gasteiger partial charge in [-0.25, -0.2) is 9.18 Å². The molecule has 2 aromatic heterocycles. The van der Waals surface area contributed by atoms with E-state index in [0.29, 0.717) is 11.2 Å². The number of hydrogen-bond donors (Lipinski definition) is 2. The molecule has 5 nitrogen and oxygen atoms in total. The van der Waals surface area contributed by atoms with Gasteiger partial charge in [0.05, 0.1) is 22.4 Å². The van der Waals surface area contributed by atoms with Crippen molar-refractivity contribution in [3.63, 3.8) is 0 Å². The Balaban J connectivity index is 1.73. The van der Waals surface area contributed by atoms with Gasteiger partial charge in [-0.15, -0.1) is 0 Å². The van der Waals surface area contributed by atoms with Gasteiger partial charge < -0.3 is 10.6 Å². The molecule has 0 aliphatic heterocycles. The summed E-state index contributed by atoms with van der Waals surface area (Å²) in [4.78, 5) is 21.0. The molecule has 0 fully saturated rings. The zero-order valence-electron chi connectivity index (χ0n) is 13.0. The smallest absolute Gasteiger partial charge is 0.307 e. The molecule has 2 N–H and O–H groups in total. The number of urea groups is 1. The molecule has 6 heteroatoms. The van der Waals surface area contributed by atoms with Crippen molar-refractivity contribution in [3.05, 3.63) is 72.8 Å². The standard InChI is InChI=1S/C19H13FN4O/c20-14-7-1-2-8-15(14)23-19(25)24-16-11-12-5-3-9-21-17(12)18-13(16)6-4-10-22-18/h1-11H,(H2,23,24,25). The van der Waals surface area contributed by atoms with Gasteiger partial charge in [-0.3, -0.25) is 9.97 Å². The number of pyridine rings is 2. The average Bonchev–Trinajstić information content (AvgIpc) is 2.64. The van der Waals surface area contributed by atoms with Gasteiger partial charge in [-0.2, -0.15) is 0 Å². The molecule has 0 bridgehead atoms. The predicted octanol–water partition coefficient (Wildman–Crippen LogP) is 4.57. The van der Waals surface area contributed by atoms with Crippen molar-refractivity contribution in [2.24, 2.45) is 0 Å². The lowest BCUT2D eigenvalue weighted by molar-refractivity contribution is 0.262. The quantitative estimate of drug-likeness (QED) is 0.529. The summed E-state index contributed by atoms with van der Waals surface area (Å²) < 4.78 is 13.7. The zero-order valence-corrected chi connectivity index (χ0v) is 13.0. The lowest BCUT2D eigenvalue weighted by Crippen LogP contribution is -2.20. The number of fused-ring (bicyclic) bond motifs is 3. The summed E-state index contributed by atoms with van der Waals surface area (Å²) in [6, 6.07) is 14.7. The molecule has 0 unspecified atom stereocenters. The van der Waals surface area contributed by atoms with Gasteiger partial charge >= 0.3 is 6.03 Å². The summed E-state index contributed by atoms with van der Waals surface area (Å²) in [6.07, 6.45) is 3.38. The average molecular weight is 332 g/mol. The number of para-hydroxylation sites is 1. The van der Waals surface area contributed by atoms with Crippen LogP contribution in [0.25, 0.3) is 21.8 Å². The molecule has 0 saturated heterocycles. The molecule has 4 aromatic rings. The Bertz CT molecular complexity index is 1100. The summed E-state index contributed by atoms with van der Waals surface area (Å²) in [5.74, 6) is -0.494. The summed E-state index contributed by atoms with van der Waals surface area (Å²) in [5.41, 5.74) is 2.15. The van der Waals surface area contributed by atoms with Crippen LogP contribution >= 0.6 is 0 Å². The Labute approximate surface area is 142 Å². The fourth-order valence-electron chi connectivity index (χ4n) is 2.72. The molecule has 0 spiro atoms. The third kappa shape index (κ3) is 2.85. The fourth-order valence-corrected chi connectivity index (χ4v) is 2.72. The number of nitrogens with one attached hydrogen (secondary N) is 2. The number of amides is 2. The fraction of sp³-hybridized carbons (Fsp3) is 0. The molecule has 0 saturated carbocycles. The summed E-state index contributed by atoms with van der Waals surface area (Å²) in [5, 5.41) is 6.90. The van der Waals surface area contributed by atoms with Crippen molar-refractivity contribution in [3.8, 4) is 0 Å². The van der Waals surface area contributed by atoms with E-state index in [1.165, 1.54) is 12.1 Å². The van der Waals surface area contributed by atoms with E-state index in [1.807, 2.05) is 24.3 Å². The van der Waals surface area contributed by atoms with Crippen LogP contribution in [-0.4, -0.2) is 16.0 Å². The first kappa shape index (κ1) is 15.0. The minimum atomic E-state index is -0.529. The third-order valence-corrected chi connectivity index (χ3v) is 3.83. The van der Waals surface area contributed by atoms with Crippen molar-refractivity contribution in [2.45, 2.75) is 0 Å². The number of benzene rings is 2. The van der Waals surface area contributed by atoms with E-state index in [0.717, 1.165) is 16.3 Å². The molecule has 2 aromatic carbocycles. The summed E-state index contributed by atoms with van der Waals surface area (Å²) in [7, 11) is 0. The lowest BCUT2D eigenvalue weighted by atomic mass is 10.1. The minimum absolute atomic E-state index is 0.116. The Morgan fingerprint density at radius 2 is 1.56 bits per heavy atom. The van der Waals surface area contributed by atoms with Crippen LogP contribution in [0.4, 0.5) is 20.6 Å². The van der Waals surface area contributed by atoms with Crippen LogP contribution in [0.3, 0.4) is 0 Å². The molecular formula is C19H13FN4O. The first-order valence-electron chi connectivity index (χ1n) is 7.67. The van der Waals surface area contributed by atoms with Crippen LogP contribution in [-0.2, 0) is 0 Å². The Morgan fingerprint density at radius 3 is 2.40 bits per heavy atom. The first-order chi connectivity index (χ1) is 12.2. The number of nitrogens with zero attached hydrogens (tertiary/aromatic N) is 2. The second-order valence-electron chi connectivity index (χ2n) is 5.46. The Kier molecular flexibility index (Phi) is 3.70. The van der Waals surface area contributed by atoms with Gasteiger partial charge in [-0.1, -0.05) is 18.2 Å². The van der Waals surface area contributed by atoms with Crippen LogP contribution in [0.2, 0.25) is 0 Å². The van der Waals surface area contributed by atoms with Crippen LogP contribution < -0.4 is 10.6 Å². The first-order valence-corrected chi connectivity index (χ1v) is 7.67. The van der Waals surface area contributed by atoms with E-state index >= 15 is 0 Å². The number of anilines is 2. The molecular weight excluding hydrogens is 319 g/mol. The van der Waals surface area contributed by atoms with Gasteiger partial charge in [0.1, 0.15) is 5.82 Å². The van der Waals surface area contributed by atoms with E-state index in [-0.39, 0.29) is 5.69 Å². The molecule has 0 radical (unpaired) electrons. The number of aromatic nitrogens is 2. The summed E-state index contributed by atoms with van der Waals surface area (Å²) >= 11 is 0. The SMILES string of the molecule is O=C(Nc1ccccc1F)Nc1cc2cccnc2c2ncccc12. The van der Waals surface area contributed by atoms with E-state index in [2.05, 4.69) is 20.6 Å². The molecule has 25 heavy (non-hydrogen) atoms. The molecule has 0 aliphatic rings. The van der Waals surface area contributed by atoms with Gasteiger partial charge in [0.2, 0.25) is 0 Å². The van der Waals surface area contributed by atoms with Crippen LogP contribution in [0, 0.1) is 5.82 Å². The number of hydrogen-bond acceptors (Lipinski definition) is 3. The van der Waals surface area contributed by atoms with E-state index < -0.39 is 11.8 Å². The normalized spacial score (nSPS) is 10.8. The largest absolute Gasteiger partial charge is 0.323 e. The monoisotopic (exact) mass is 332 g/mol. The minimum Gasteiger partial charge on any atom is -0.307 e. The van der Waals surface area contributed by atoms with Crippen LogP contribution in [0.15, 0.2) is 67.0 Å². The molecule has 2 amide bonds. The number of halogens is 1. The van der Waals surface area contributed by atoms with Gasteiger partial charge in [0, 0.05) is 23.2 Å². The Hall–Kier alpha value is -3.54. The second-order valence-corrected chi connectivity index (χ2v) is 5.46. The van der Waals surface area contributed by atoms with E-state index in [1.54, 1.807) is 30.6 Å². The van der Waals surface area contributed by atoms with E-state index in [9.17, 15) is 9.18 Å². The maximum Gasteiger partial charge on any atom is 0.323 e. The van der Waals surface area contributed by atoms with E-state index in [4.69, 9.17) is 0 Å². The topological polar surface area (TPSA) is 66.9 Å². The van der Waals surface area contributed by atoms with Crippen molar-refractivity contribution < 1.29 is 9.18 Å². The molecule has 2 heterocycles. The number of rotatable bonds is 2. The zero-order chi connectivity index (χ0) is 17.2. The van der Waals surface area contributed by atoms with Crippen LogP contribution in [0.5, 0.6) is 0 Å². The maximum absolute atomic E-state index is 13.7. The molecule has 4 rings (SSSR count). The molecule has 122 valence electrons. The highest BCUT2D eigenvalue weighted by molar-refractivity contribution is 6.13. The van der Waals surface area contributed by atoms with Crippen molar-refractivity contribution in [1.82, 2.24) is 9.97 Å². The highest BCUT2D eigenvalue weighted by Crippen LogP contribution is 2.29.